The van der Waals surface area contributed by atoms with Crippen molar-refractivity contribution in [2.45, 2.75) is 25.5 Å². The van der Waals surface area contributed by atoms with Crippen molar-refractivity contribution in [1.82, 2.24) is 4.90 Å². The van der Waals surface area contributed by atoms with Gasteiger partial charge < -0.3 is 24.4 Å². The van der Waals surface area contributed by atoms with Crippen molar-refractivity contribution in [2.24, 2.45) is 0 Å². The Hall–Kier alpha value is -1.73. The average molecular weight is 455 g/mol. The zero-order chi connectivity index (χ0) is 20.8. The molecule has 0 bridgehead atoms. The van der Waals surface area contributed by atoms with E-state index in [4.69, 9.17) is 49.6 Å². The maximum absolute atomic E-state index is 6.30. The summed E-state index contributed by atoms with van der Waals surface area (Å²) in [7, 11) is 3.27. The number of hydrogen-bond acceptors (Lipinski definition) is 4. The minimum atomic E-state index is 0.133. The Morgan fingerprint density at radius 1 is 1.21 bits per heavy atom. The molecular formula is C21H24Cl2N2O3S. The predicted molar refractivity (Wildman–Crippen MR) is 122 cm³/mol. The zero-order valence-corrected chi connectivity index (χ0v) is 18.7. The number of halogens is 2. The van der Waals surface area contributed by atoms with E-state index >= 15 is 0 Å². The molecule has 0 saturated carbocycles. The van der Waals surface area contributed by atoms with Crippen molar-refractivity contribution in [1.29, 1.82) is 0 Å². The molecule has 0 aromatic heterocycles. The summed E-state index contributed by atoms with van der Waals surface area (Å²) in [5, 5.41) is 4.91. The fourth-order valence-corrected chi connectivity index (χ4v) is 3.81. The topological polar surface area (TPSA) is 43.0 Å². The number of thiocarbonyl (C=S) groups is 1. The number of ether oxygens (including phenoxy) is 3. The zero-order valence-electron chi connectivity index (χ0n) is 16.4. The second kappa shape index (κ2) is 10.3. The molecule has 1 saturated heterocycles. The van der Waals surface area contributed by atoms with E-state index < -0.39 is 0 Å². The second-order valence-electron chi connectivity index (χ2n) is 6.75. The molecule has 0 radical (unpaired) electrons. The molecule has 1 fully saturated rings. The van der Waals surface area contributed by atoms with Gasteiger partial charge in [0.1, 0.15) is 11.5 Å². The molecule has 29 heavy (non-hydrogen) atoms. The third kappa shape index (κ3) is 5.89. The Bertz CT molecular complexity index is 860. The lowest BCUT2D eigenvalue weighted by Crippen LogP contribution is -2.39. The highest BCUT2D eigenvalue weighted by atomic mass is 35.5. The Balaban J connectivity index is 1.82. The largest absolute Gasteiger partial charge is 0.497 e. The van der Waals surface area contributed by atoms with Crippen LogP contribution in [-0.2, 0) is 11.3 Å². The van der Waals surface area contributed by atoms with Crippen molar-refractivity contribution >= 4 is 46.2 Å². The first-order valence-corrected chi connectivity index (χ1v) is 10.5. The number of nitrogens with zero attached hydrogens (tertiary/aromatic N) is 1. The predicted octanol–water partition coefficient (Wildman–Crippen LogP) is 5.39. The number of anilines is 1. The molecule has 1 aliphatic heterocycles. The lowest BCUT2D eigenvalue weighted by molar-refractivity contribution is 0.0903. The van der Waals surface area contributed by atoms with Crippen LogP contribution in [0.25, 0.3) is 0 Å². The van der Waals surface area contributed by atoms with Gasteiger partial charge in [0.2, 0.25) is 0 Å². The van der Waals surface area contributed by atoms with Crippen molar-refractivity contribution in [2.75, 3.05) is 32.7 Å². The average Bonchev–Trinajstić information content (AvgIpc) is 3.23. The van der Waals surface area contributed by atoms with Crippen LogP contribution in [-0.4, -0.2) is 43.5 Å². The molecule has 3 rings (SSSR count). The Kier molecular flexibility index (Phi) is 7.84. The summed E-state index contributed by atoms with van der Waals surface area (Å²) < 4.78 is 16.7. The molecule has 5 nitrogen and oxygen atoms in total. The van der Waals surface area contributed by atoms with Gasteiger partial charge in [0, 0.05) is 36.3 Å². The van der Waals surface area contributed by atoms with Gasteiger partial charge in [-0.1, -0.05) is 23.2 Å². The number of rotatable bonds is 7. The minimum absolute atomic E-state index is 0.133. The fraction of sp³-hybridized carbons (Fsp3) is 0.381. The summed E-state index contributed by atoms with van der Waals surface area (Å²) in [5.41, 5.74) is 1.66. The van der Waals surface area contributed by atoms with Gasteiger partial charge in [-0.05, 0) is 55.4 Å². The maximum Gasteiger partial charge on any atom is 0.173 e. The van der Waals surface area contributed by atoms with E-state index in [1.807, 2.05) is 18.2 Å². The summed E-state index contributed by atoms with van der Waals surface area (Å²) in [6, 6.07) is 11.0. The summed E-state index contributed by atoms with van der Waals surface area (Å²) in [6.07, 6.45) is 2.20. The van der Waals surface area contributed by atoms with E-state index in [0.29, 0.717) is 33.9 Å². The van der Waals surface area contributed by atoms with Crippen molar-refractivity contribution in [3.63, 3.8) is 0 Å². The van der Waals surface area contributed by atoms with E-state index in [0.717, 1.165) is 36.5 Å². The summed E-state index contributed by atoms with van der Waals surface area (Å²) in [5.74, 6) is 1.48. The van der Waals surface area contributed by atoms with Gasteiger partial charge in [-0.3, -0.25) is 0 Å². The quantitative estimate of drug-likeness (QED) is 0.565. The number of hydrogen-bond donors (Lipinski definition) is 1. The van der Waals surface area contributed by atoms with E-state index in [1.54, 1.807) is 32.4 Å². The number of benzene rings is 2. The molecule has 0 aliphatic carbocycles. The first-order chi connectivity index (χ1) is 14.0. The van der Waals surface area contributed by atoms with E-state index in [2.05, 4.69) is 10.2 Å². The van der Waals surface area contributed by atoms with Gasteiger partial charge in [0.25, 0.3) is 0 Å². The van der Waals surface area contributed by atoms with Crippen LogP contribution in [0.5, 0.6) is 11.5 Å². The van der Waals surface area contributed by atoms with Crippen molar-refractivity contribution < 1.29 is 14.2 Å². The van der Waals surface area contributed by atoms with Crippen LogP contribution < -0.4 is 14.8 Å². The fourth-order valence-electron chi connectivity index (χ4n) is 3.23. The third-order valence-corrected chi connectivity index (χ3v) is 5.69. The van der Waals surface area contributed by atoms with Gasteiger partial charge >= 0.3 is 0 Å². The van der Waals surface area contributed by atoms with Crippen LogP contribution in [0.3, 0.4) is 0 Å². The number of nitrogens with one attached hydrogen (secondary N) is 1. The molecule has 2 aromatic rings. The van der Waals surface area contributed by atoms with E-state index in [-0.39, 0.29) is 6.10 Å². The molecule has 2 aromatic carbocycles. The normalized spacial score (nSPS) is 15.8. The maximum atomic E-state index is 6.30. The Labute approximate surface area is 186 Å². The van der Waals surface area contributed by atoms with Crippen LogP contribution in [0.4, 0.5) is 5.69 Å². The monoisotopic (exact) mass is 454 g/mol. The molecule has 1 atom stereocenters. The van der Waals surface area contributed by atoms with Crippen LogP contribution in [0.2, 0.25) is 10.0 Å². The van der Waals surface area contributed by atoms with Gasteiger partial charge in [-0.25, -0.2) is 0 Å². The van der Waals surface area contributed by atoms with Crippen LogP contribution >= 0.6 is 35.4 Å². The highest BCUT2D eigenvalue weighted by molar-refractivity contribution is 7.80. The Morgan fingerprint density at radius 3 is 2.72 bits per heavy atom. The molecule has 1 heterocycles. The summed E-state index contributed by atoms with van der Waals surface area (Å²) in [6.45, 7) is 2.00. The molecule has 1 aliphatic rings. The third-order valence-electron chi connectivity index (χ3n) is 4.76. The van der Waals surface area contributed by atoms with Crippen molar-refractivity contribution in [3.8, 4) is 11.5 Å². The highest BCUT2D eigenvalue weighted by Crippen LogP contribution is 2.28. The van der Waals surface area contributed by atoms with Gasteiger partial charge in [0.15, 0.2) is 5.11 Å². The SMILES string of the molecule is COc1ccc(CN(C[C@H]2CCCO2)C(=S)Nc2cc(Cl)ccc2Cl)c(OC)c1. The van der Waals surface area contributed by atoms with Gasteiger partial charge in [-0.15, -0.1) is 0 Å². The van der Waals surface area contributed by atoms with Crippen LogP contribution in [0, 0.1) is 0 Å². The minimum Gasteiger partial charge on any atom is -0.497 e. The smallest absolute Gasteiger partial charge is 0.173 e. The summed E-state index contributed by atoms with van der Waals surface area (Å²) in [4.78, 5) is 2.06. The Morgan fingerprint density at radius 2 is 2.03 bits per heavy atom. The van der Waals surface area contributed by atoms with Crippen LogP contribution in [0.1, 0.15) is 18.4 Å². The second-order valence-corrected chi connectivity index (χ2v) is 7.98. The van der Waals surface area contributed by atoms with Crippen LogP contribution in [0.15, 0.2) is 36.4 Å². The molecule has 0 unspecified atom stereocenters. The van der Waals surface area contributed by atoms with Gasteiger partial charge in [-0.2, -0.15) is 0 Å². The standard InChI is InChI=1S/C21H24Cl2N2O3S/c1-26-16-7-5-14(20(11-16)27-2)12-25(13-17-4-3-9-28-17)21(29)24-19-10-15(22)6-8-18(19)23/h5-8,10-11,17H,3-4,9,12-13H2,1-2H3,(H,24,29)/t17-/m1/s1. The molecule has 0 spiro atoms. The molecular weight excluding hydrogens is 431 g/mol. The molecule has 1 N–H and O–H groups in total. The molecule has 156 valence electrons. The highest BCUT2D eigenvalue weighted by Gasteiger charge is 2.22. The molecule has 8 heteroatoms. The molecule has 0 amide bonds. The lowest BCUT2D eigenvalue weighted by Gasteiger charge is -2.29. The lowest BCUT2D eigenvalue weighted by atomic mass is 10.1. The van der Waals surface area contributed by atoms with Gasteiger partial charge in [0.05, 0.1) is 31.0 Å². The van der Waals surface area contributed by atoms with E-state index in [9.17, 15) is 0 Å². The van der Waals surface area contributed by atoms with Crippen molar-refractivity contribution in [3.05, 3.63) is 52.0 Å². The number of methoxy groups -OCH3 is 2. The summed E-state index contributed by atoms with van der Waals surface area (Å²) >= 11 is 18.1. The first kappa shape index (κ1) is 22.0. The first-order valence-electron chi connectivity index (χ1n) is 9.33. The van der Waals surface area contributed by atoms with E-state index in [1.165, 1.54) is 0 Å².